The maximum Gasteiger partial charge on any atom is 0.242 e. The van der Waals surface area contributed by atoms with Gasteiger partial charge in [0.05, 0.1) is 6.54 Å². The van der Waals surface area contributed by atoms with Crippen molar-refractivity contribution in [3.63, 3.8) is 0 Å². The summed E-state index contributed by atoms with van der Waals surface area (Å²) in [5, 5.41) is 2.62. The highest BCUT2D eigenvalue weighted by Crippen LogP contribution is 2.44. The average molecular weight is 224 g/mol. The molecule has 1 aliphatic carbocycles. The van der Waals surface area contributed by atoms with Gasteiger partial charge in [-0.2, -0.15) is 0 Å². The van der Waals surface area contributed by atoms with Crippen LogP contribution in [0.3, 0.4) is 0 Å². The Morgan fingerprint density at radius 3 is 2.62 bits per heavy atom. The van der Waals surface area contributed by atoms with Gasteiger partial charge in [-0.05, 0) is 31.6 Å². The van der Waals surface area contributed by atoms with Gasteiger partial charge in [0.25, 0.3) is 0 Å². The summed E-state index contributed by atoms with van der Waals surface area (Å²) in [6, 6.07) is -0.301. The van der Waals surface area contributed by atoms with Crippen molar-refractivity contribution in [2.75, 3.05) is 13.1 Å². The summed E-state index contributed by atoms with van der Waals surface area (Å²) in [5.41, 5.74) is 0.293. The highest BCUT2D eigenvalue weighted by Gasteiger charge is 2.41. The zero-order valence-electron chi connectivity index (χ0n) is 10.1. The fraction of sp³-hybridized carbons (Fsp3) is 0.833. The Balaban J connectivity index is 2.06. The van der Waals surface area contributed by atoms with Gasteiger partial charge in [0, 0.05) is 6.54 Å². The molecule has 0 radical (unpaired) electrons. The number of nitrogens with zero attached hydrogens (tertiary/aromatic N) is 1. The second-order valence-electron chi connectivity index (χ2n) is 5.12. The molecule has 90 valence electrons. The van der Waals surface area contributed by atoms with Crippen molar-refractivity contribution in [2.24, 2.45) is 5.41 Å². The lowest BCUT2D eigenvalue weighted by Gasteiger charge is -2.46. The van der Waals surface area contributed by atoms with E-state index in [0.29, 0.717) is 5.41 Å². The molecule has 1 saturated heterocycles. The van der Waals surface area contributed by atoms with E-state index in [4.69, 9.17) is 0 Å². The second kappa shape index (κ2) is 4.07. The molecule has 0 aromatic rings. The lowest BCUT2D eigenvalue weighted by molar-refractivity contribution is -0.147. The molecule has 1 N–H and O–H groups in total. The molecular formula is C12H20N2O2. The van der Waals surface area contributed by atoms with Crippen LogP contribution < -0.4 is 5.32 Å². The first-order valence-corrected chi connectivity index (χ1v) is 6.15. The molecule has 2 aliphatic rings. The SMILES string of the molecule is CCC1(CN2C(=O)CNC(=O)C2C)CCC1. The lowest BCUT2D eigenvalue weighted by Crippen LogP contribution is -2.60. The third kappa shape index (κ3) is 1.81. The van der Waals surface area contributed by atoms with Crippen molar-refractivity contribution in [2.45, 2.75) is 45.6 Å². The van der Waals surface area contributed by atoms with Gasteiger partial charge in [-0.25, -0.2) is 0 Å². The highest BCUT2D eigenvalue weighted by atomic mass is 16.2. The van der Waals surface area contributed by atoms with Gasteiger partial charge < -0.3 is 10.2 Å². The van der Waals surface area contributed by atoms with Gasteiger partial charge in [0.2, 0.25) is 11.8 Å². The fourth-order valence-electron chi connectivity index (χ4n) is 2.66. The number of amides is 2. The van der Waals surface area contributed by atoms with Crippen LogP contribution >= 0.6 is 0 Å². The third-order valence-electron chi connectivity index (χ3n) is 4.25. The number of rotatable bonds is 3. The summed E-state index contributed by atoms with van der Waals surface area (Å²) >= 11 is 0. The Morgan fingerprint density at radius 2 is 2.12 bits per heavy atom. The predicted octanol–water partition coefficient (Wildman–Crippen LogP) is 0.914. The van der Waals surface area contributed by atoms with E-state index in [1.807, 2.05) is 6.92 Å². The van der Waals surface area contributed by atoms with Gasteiger partial charge in [-0.1, -0.05) is 13.3 Å². The van der Waals surface area contributed by atoms with Gasteiger partial charge >= 0.3 is 0 Å². The lowest BCUT2D eigenvalue weighted by atomic mass is 9.66. The Hall–Kier alpha value is -1.06. The molecule has 1 heterocycles. The zero-order valence-corrected chi connectivity index (χ0v) is 10.1. The monoisotopic (exact) mass is 224 g/mol. The smallest absolute Gasteiger partial charge is 0.242 e. The van der Waals surface area contributed by atoms with Crippen LogP contribution in [0, 0.1) is 5.41 Å². The van der Waals surface area contributed by atoms with Crippen molar-refractivity contribution in [1.29, 1.82) is 0 Å². The van der Waals surface area contributed by atoms with Crippen LogP contribution in [0.4, 0.5) is 0 Å². The van der Waals surface area contributed by atoms with E-state index in [-0.39, 0.29) is 24.4 Å². The van der Waals surface area contributed by atoms with E-state index in [1.54, 1.807) is 4.90 Å². The van der Waals surface area contributed by atoms with Crippen LogP contribution in [0.2, 0.25) is 0 Å². The van der Waals surface area contributed by atoms with Crippen LogP contribution in [-0.4, -0.2) is 35.8 Å². The molecule has 1 saturated carbocycles. The van der Waals surface area contributed by atoms with E-state index in [2.05, 4.69) is 12.2 Å². The third-order valence-corrected chi connectivity index (χ3v) is 4.25. The number of carbonyl (C=O) groups is 2. The summed E-state index contributed by atoms with van der Waals surface area (Å²) in [7, 11) is 0. The Morgan fingerprint density at radius 1 is 1.44 bits per heavy atom. The van der Waals surface area contributed by atoms with E-state index in [1.165, 1.54) is 19.3 Å². The first-order valence-electron chi connectivity index (χ1n) is 6.15. The van der Waals surface area contributed by atoms with Crippen LogP contribution in [-0.2, 0) is 9.59 Å². The molecule has 2 fully saturated rings. The van der Waals surface area contributed by atoms with Gasteiger partial charge in [-0.3, -0.25) is 9.59 Å². The summed E-state index contributed by atoms with van der Waals surface area (Å²) in [4.78, 5) is 25.1. The normalized spacial score (nSPS) is 28.6. The number of nitrogens with one attached hydrogen (secondary N) is 1. The average Bonchev–Trinajstić information content (AvgIpc) is 2.22. The first-order chi connectivity index (χ1) is 7.58. The van der Waals surface area contributed by atoms with E-state index >= 15 is 0 Å². The number of carbonyl (C=O) groups excluding carboxylic acids is 2. The summed E-state index contributed by atoms with van der Waals surface area (Å²) in [6.45, 7) is 4.92. The van der Waals surface area contributed by atoms with Crippen LogP contribution in [0.5, 0.6) is 0 Å². The molecular weight excluding hydrogens is 204 g/mol. The van der Waals surface area contributed by atoms with E-state index in [0.717, 1.165) is 13.0 Å². The number of hydrogen-bond donors (Lipinski definition) is 1. The highest BCUT2D eigenvalue weighted by molar-refractivity contribution is 5.94. The molecule has 1 atom stereocenters. The second-order valence-corrected chi connectivity index (χ2v) is 5.12. The number of piperazine rings is 1. The molecule has 4 nitrogen and oxygen atoms in total. The zero-order chi connectivity index (χ0) is 11.8. The Kier molecular flexibility index (Phi) is 2.91. The minimum Gasteiger partial charge on any atom is -0.345 e. The van der Waals surface area contributed by atoms with Crippen molar-refractivity contribution in [3.8, 4) is 0 Å². The standard InChI is InChI=1S/C12H20N2O2/c1-3-12(5-4-6-12)8-14-9(2)11(16)13-7-10(14)15/h9H,3-8H2,1-2H3,(H,13,16). The molecule has 2 rings (SSSR count). The van der Waals surface area contributed by atoms with Crippen molar-refractivity contribution in [3.05, 3.63) is 0 Å². The molecule has 16 heavy (non-hydrogen) atoms. The largest absolute Gasteiger partial charge is 0.345 e. The summed E-state index contributed by atoms with van der Waals surface area (Å²) < 4.78 is 0. The minimum atomic E-state index is -0.301. The molecule has 1 unspecified atom stereocenters. The molecule has 2 amide bonds. The number of hydrogen-bond acceptors (Lipinski definition) is 2. The maximum atomic E-state index is 11.8. The molecule has 1 aliphatic heterocycles. The summed E-state index contributed by atoms with van der Waals surface area (Å²) in [5.74, 6) is 0.0389. The van der Waals surface area contributed by atoms with E-state index < -0.39 is 0 Å². The minimum absolute atomic E-state index is 0.0230. The van der Waals surface area contributed by atoms with Gasteiger partial charge in [0.1, 0.15) is 6.04 Å². The quantitative estimate of drug-likeness (QED) is 0.774. The fourth-order valence-corrected chi connectivity index (χ4v) is 2.66. The van der Waals surface area contributed by atoms with Crippen LogP contribution in [0.25, 0.3) is 0 Å². The Bertz CT molecular complexity index is 305. The van der Waals surface area contributed by atoms with Crippen molar-refractivity contribution >= 4 is 11.8 Å². The molecule has 0 aromatic carbocycles. The van der Waals surface area contributed by atoms with Crippen molar-refractivity contribution in [1.82, 2.24) is 10.2 Å². The summed E-state index contributed by atoms with van der Waals surface area (Å²) in [6.07, 6.45) is 4.75. The predicted molar refractivity (Wildman–Crippen MR) is 60.8 cm³/mol. The molecule has 0 aromatic heterocycles. The molecule has 0 spiro atoms. The topological polar surface area (TPSA) is 49.4 Å². The van der Waals surface area contributed by atoms with Crippen LogP contribution in [0.15, 0.2) is 0 Å². The molecule has 0 bridgehead atoms. The maximum absolute atomic E-state index is 11.8. The molecule has 4 heteroatoms. The first kappa shape index (κ1) is 11.4. The van der Waals surface area contributed by atoms with Gasteiger partial charge in [-0.15, -0.1) is 0 Å². The van der Waals surface area contributed by atoms with Crippen LogP contribution in [0.1, 0.15) is 39.5 Å². The van der Waals surface area contributed by atoms with Gasteiger partial charge in [0.15, 0.2) is 0 Å². The van der Waals surface area contributed by atoms with Crippen molar-refractivity contribution < 1.29 is 9.59 Å². The Labute approximate surface area is 96.4 Å². The van der Waals surface area contributed by atoms with E-state index in [9.17, 15) is 9.59 Å².